The molecule has 0 aliphatic heterocycles. The van der Waals surface area contributed by atoms with Crippen molar-refractivity contribution in [2.24, 2.45) is 0 Å². The second kappa shape index (κ2) is 6.65. The fourth-order valence-corrected chi connectivity index (χ4v) is 3.26. The molecule has 0 aliphatic rings. The Bertz CT molecular complexity index is 840. The number of nitrogens with one attached hydrogen (secondary N) is 1. The van der Waals surface area contributed by atoms with E-state index in [1.54, 1.807) is 11.3 Å². The van der Waals surface area contributed by atoms with Crippen molar-refractivity contribution < 1.29 is 4.42 Å². The zero-order valence-corrected chi connectivity index (χ0v) is 13.8. The number of rotatable bonds is 5. The molecule has 1 N–H and O–H groups in total. The van der Waals surface area contributed by atoms with Gasteiger partial charge in [-0.15, -0.1) is 11.3 Å². The summed E-state index contributed by atoms with van der Waals surface area (Å²) in [5, 5.41) is 7.02. The third-order valence-electron chi connectivity index (χ3n) is 3.55. The summed E-state index contributed by atoms with van der Waals surface area (Å²) in [6.07, 6.45) is 0.983. The molecule has 0 spiro atoms. The summed E-state index contributed by atoms with van der Waals surface area (Å²) in [5.74, 6) is 0. The number of hydrogen-bond donors (Lipinski definition) is 1. The van der Waals surface area contributed by atoms with E-state index >= 15 is 0 Å². The van der Waals surface area contributed by atoms with Crippen LogP contribution in [-0.2, 0) is 13.0 Å². The molecule has 114 valence electrons. The average Bonchev–Trinajstić information content (AvgIpc) is 2.98. The van der Waals surface area contributed by atoms with Gasteiger partial charge >= 0.3 is 5.63 Å². The van der Waals surface area contributed by atoms with Gasteiger partial charge in [0.25, 0.3) is 0 Å². The molecule has 0 bridgehead atoms. The maximum atomic E-state index is 11.7. The Balaban J connectivity index is 1.77. The Morgan fingerprint density at radius 3 is 2.95 bits per heavy atom. The molecule has 2 heterocycles. The SMILES string of the molecule is Cc1cc2oc(=O)cc(CNCCc3cccs3)c2cc1Cl. The lowest BCUT2D eigenvalue weighted by atomic mass is 10.1. The largest absolute Gasteiger partial charge is 0.423 e. The van der Waals surface area contributed by atoms with E-state index in [0.717, 1.165) is 29.5 Å². The van der Waals surface area contributed by atoms with Crippen LogP contribution in [0.2, 0.25) is 5.02 Å². The lowest BCUT2D eigenvalue weighted by Gasteiger charge is -2.08. The first-order chi connectivity index (χ1) is 10.6. The summed E-state index contributed by atoms with van der Waals surface area (Å²) in [6.45, 7) is 3.38. The van der Waals surface area contributed by atoms with Gasteiger partial charge in [-0.1, -0.05) is 17.7 Å². The van der Waals surface area contributed by atoms with Crippen LogP contribution in [0.4, 0.5) is 0 Å². The van der Waals surface area contributed by atoms with E-state index in [9.17, 15) is 4.79 Å². The van der Waals surface area contributed by atoms with E-state index in [1.807, 2.05) is 19.1 Å². The molecule has 0 unspecified atom stereocenters. The van der Waals surface area contributed by atoms with Crippen LogP contribution in [0, 0.1) is 6.92 Å². The van der Waals surface area contributed by atoms with Crippen LogP contribution in [0.1, 0.15) is 16.0 Å². The van der Waals surface area contributed by atoms with Gasteiger partial charge in [0.1, 0.15) is 5.58 Å². The number of aryl methyl sites for hydroxylation is 1. The van der Waals surface area contributed by atoms with Crippen molar-refractivity contribution in [3.63, 3.8) is 0 Å². The van der Waals surface area contributed by atoms with Gasteiger partial charge in [0.2, 0.25) is 0 Å². The summed E-state index contributed by atoms with van der Waals surface area (Å²) in [5.41, 5.74) is 2.08. The molecule has 0 atom stereocenters. The van der Waals surface area contributed by atoms with E-state index in [1.165, 1.54) is 10.9 Å². The molecule has 3 aromatic rings. The second-order valence-corrected chi connectivity index (χ2v) is 6.63. The number of fused-ring (bicyclic) bond motifs is 1. The van der Waals surface area contributed by atoms with Crippen molar-refractivity contribution in [1.29, 1.82) is 0 Å². The van der Waals surface area contributed by atoms with Gasteiger partial charge in [-0.25, -0.2) is 4.79 Å². The highest BCUT2D eigenvalue weighted by Gasteiger charge is 2.08. The highest BCUT2D eigenvalue weighted by molar-refractivity contribution is 7.09. The molecular weight excluding hydrogens is 318 g/mol. The monoisotopic (exact) mass is 333 g/mol. The molecule has 5 heteroatoms. The Morgan fingerprint density at radius 2 is 2.18 bits per heavy atom. The van der Waals surface area contributed by atoms with Crippen LogP contribution in [-0.4, -0.2) is 6.54 Å². The minimum atomic E-state index is -0.329. The number of halogens is 1. The predicted octanol–water partition coefficient (Wildman–Crippen LogP) is 4.15. The van der Waals surface area contributed by atoms with Gasteiger partial charge in [-0.05, 0) is 48.1 Å². The van der Waals surface area contributed by atoms with Gasteiger partial charge < -0.3 is 9.73 Å². The smallest absolute Gasteiger partial charge is 0.336 e. The molecule has 3 nitrogen and oxygen atoms in total. The molecule has 22 heavy (non-hydrogen) atoms. The van der Waals surface area contributed by atoms with Crippen molar-refractivity contribution in [1.82, 2.24) is 5.32 Å². The highest BCUT2D eigenvalue weighted by atomic mass is 35.5. The van der Waals surface area contributed by atoms with Crippen molar-refractivity contribution in [2.45, 2.75) is 19.9 Å². The van der Waals surface area contributed by atoms with E-state index in [4.69, 9.17) is 16.0 Å². The van der Waals surface area contributed by atoms with Crippen molar-refractivity contribution in [3.8, 4) is 0 Å². The minimum absolute atomic E-state index is 0.329. The third kappa shape index (κ3) is 3.40. The second-order valence-electron chi connectivity index (χ2n) is 5.19. The summed E-state index contributed by atoms with van der Waals surface area (Å²) >= 11 is 7.94. The van der Waals surface area contributed by atoms with E-state index < -0.39 is 0 Å². The minimum Gasteiger partial charge on any atom is -0.423 e. The summed E-state index contributed by atoms with van der Waals surface area (Å²) < 4.78 is 5.26. The Kier molecular flexibility index (Phi) is 4.62. The fraction of sp³-hybridized carbons (Fsp3) is 0.235. The molecular formula is C17H16ClNO2S. The third-order valence-corrected chi connectivity index (χ3v) is 4.90. The molecule has 2 aromatic heterocycles. The molecule has 0 radical (unpaired) electrons. The van der Waals surface area contributed by atoms with Crippen molar-refractivity contribution >= 4 is 33.9 Å². The lowest BCUT2D eigenvalue weighted by molar-refractivity contribution is 0.556. The summed E-state index contributed by atoms with van der Waals surface area (Å²) in [4.78, 5) is 13.0. The first-order valence-electron chi connectivity index (χ1n) is 7.09. The van der Waals surface area contributed by atoms with Crippen LogP contribution in [0.15, 0.2) is 44.9 Å². The van der Waals surface area contributed by atoms with Crippen LogP contribution in [0.5, 0.6) is 0 Å². The van der Waals surface area contributed by atoms with Gasteiger partial charge in [0, 0.05) is 34.4 Å². The molecule has 0 amide bonds. The first-order valence-corrected chi connectivity index (χ1v) is 8.35. The normalized spacial score (nSPS) is 11.2. The summed E-state index contributed by atoms with van der Waals surface area (Å²) in [7, 11) is 0. The molecule has 0 saturated heterocycles. The Labute approximate surface area is 137 Å². The van der Waals surface area contributed by atoms with Crippen LogP contribution in [0.25, 0.3) is 11.0 Å². The molecule has 3 rings (SSSR count). The highest BCUT2D eigenvalue weighted by Crippen LogP contribution is 2.25. The zero-order chi connectivity index (χ0) is 15.5. The van der Waals surface area contributed by atoms with Gasteiger partial charge in [0.05, 0.1) is 0 Å². The average molecular weight is 334 g/mol. The topological polar surface area (TPSA) is 42.2 Å². The van der Waals surface area contributed by atoms with Crippen molar-refractivity contribution in [2.75, 3.05) is 6.54 Å². The zero-order valence-electron chi connectivity index (χ0n) is 12.2. The van der Waals surface area contributed by atoms with E-state index in [-0.39, 0.29) is 5.63 Å². The standard InChI is InChI=1S/C17H16ClNO2S/c1-11-7-16-14(9-15(11)18)12(8-17(20)21-16)10-19-5-4-13-3-2-6-22-13/h2-3,6-9,19H,4-5,10H2,1H3. The maximum absolute atomic E-state index is 11.7. The molecule has 0 fully saturated rings. The Hall–Kier alpha value is -1.62. The predicted molar refractivity (Wildman–Crippen MR) is 92.0 cm³/mol. The van der Waals surface area contributed by atoms with Crippen LogP contribution in [0.3, 0.4) is 0 Å². The quantitative estimate of drug-likeness (QED) is 0.563. The number of benzene rings is 1. The van der Waals surface area contributed by atoms with E-state index in [2.05, 4.69) is 22.8 Å². The lowest BCUT2D eigenvalue weighted by Crippen LogP contribution is -2.17. The molecule has 0 saturated carbocycles. The number of hydrogen-bond acceptors (Lipinski definition) is 4. The Morgan fingerprint density at radius 1 is 1.32 bits per heavy atom. The molecule has 0 aliphatic carbocycles. The fourth-order valence-electron chi connectivity index (χ4n) is 2.38. The van der Waals surface area contributed by atoms with Crippen molar-refractivity contribution in [3.05, 3.63) is 67.2 Å². The maximum Gasteiger partial charge on any atom is 0.336 e. The van der Waals surface area contributed by atoms with Crippen LogP contribution >= 0.6 is 22.9 Å². The first kappa shape index (κ1) is 15.3. The van der Waals surface area contributed by atoms with Gasteiger partial charge in [-0.3, -0.25) is 0 Å². The van der Waals surface area contributed by atoms with Crippen LogP contribution < -0.4 is 10.9 Å². The number of thiophene rings is 1. The molecule has 1 aromatic carbocycles. The summed E-state index contributed by atoms with van der Waals surface area (Å²) in [6, 6.07) is 9.40. The van der Waals surface area contributed by atoms with E-state index in [0.29, 0.717) is 17.2 Å². The van der Waals surface area contributed by atoms with Gasteiger partial charge in [-0.2, -0.15) is 0 Å². The van der Waals surface area contributed by atoms with Gasteiger partial charge in [0.15, 0.2) is 0 Å².